The number of aromatic amines is 1. The summed E-state index contributed by atoms with van der Waals surface area (Å²) < 4.78 is 5.38. The van der Waals surface area contributed by atoms with Gasteiger partial charge in [0.25, 0.3) is 0 Å². The molecule has 1 aliphatic heterocycles. The average Bonchev–Trinajstić information content (AvgIpc) is 3.24. The number of nitrogens with zero attached hydrogens (tertiary/aromatic N) is 4. The Labute approximate surface area is 129 Å². The zero-order chi connectivity index (χ0) is 15.5. The molecule has 22 heavy (non-hydrogen) atoms. The van der Waals surface area contributed by atoms with Crippen LogP contribution in [0.2, 0.25) is 0 Å². The molecule has 7 nitrogen and oxygen atoms in total. The molecule has 2 atom stereocenters. The summed E-state index contributed by atoms with van der Waals surface area (Å²) in [6.45, 7) is 5.49. The standard InChI is InChI=1S/C15H21N5O2/c1-3-10(2)15(21)20-8-4-5-11(9-20)14-18-13(19-22-14)12-16-6-7-17-12/h6-7,10-11H,3-5,8-9H2,1-2H3,(H,16,17). The highest BCUT2D eigenvalue weighted by Gasteiger charge is 2.30. The molecule has 0 bridgehead atoms. The minimum Gasteiger partial charge on any atom is -0.342 e. The number of hydrogen-bond acceptors (Lipinski definition) is 5. The van der Waals surface area contributed by atoms with Crippen LogP contribution >= 0.6 is 0 Å². The molecule has 1 amide bonds. The van der Waals surface area contributed by atoms with Crippen molar-refractivity contribution in [2.45, 2.75) is 39.0 Å². The van der Waals surface area contributed by atoms with E-state index in [9.17, 15) is 4.79 Å². The molecule has 2 unspecified atom stereocenters. The predicted molar refractivity (Wildman–Crippen MR) is 79.9 cm³/mol. The van der Waals surface area contributed by atoms with Gasteiger partial charge in [0.15, 0.2) is 5.82 Å². The van der Waals surface area contributed by atoms with E-state index in [0.29, 0.717) is 24.1 Å². The summed E-state index contributed by atoms with van der Waals surface area (Å²) in [6.07, 6.45) is 6.16. The Morgan fingerprint density at radius 1 is 1.59 bits per heavy atom. The van der Waals surface area contributed by atoms with E-state index in [0.717, 1.165) is 25.8 Å². The van der Waals surface area contributed by atoms with Gasteiger partial charge in [0.1, 0.15) is 0 Å². The molecule has 0 radical (unpaired) electrons. The van der Waals surface area contributed by atoms with Gasteiger partial charge in [0.05, 0.1) is 5.92 Å². The molecule has 1 fully saturated rings. The first kappa shape index (κ1) is 14.7. The van der Waals surface area contributed by atoms with E-state index in [4.69, 9.17) is 4.52 Å². The lowest BCUT2D eigenvalue weighted by molar-refractivity contribution is -0.136. The number of carbonyl (C=O) groups excluding carboxylic acids is 1. The summed E-state index contributed by atoms with van der Waals surface area (Å²) in [5.74, 6) is 2.05. The van der Waals surface area contributed by atoms with Crippen molar-refractivity contribution in [3.63, 3.8) is 0 Å². The highest BCUT2D eigenvalue weighted by molar-refractivity contribution is 5.78. The fourth-order valence-corrected chi connectivity index (χ4v) is 2.75. The molecule has 0 aromatic carbocycles. The maximum absolute atomic E-state index is 12.3. The molecule has 0 aliphatic carbocycles. The lowest BCUT2D eigenvalue weighted by Crippen LogP contribution is -2.41. The van der Waals surface area contributed by atoms with Gasteiger partial charge < -0.3 is 14.4 Å². The molecule has 0 spiro atoms. The zero-order valence-corrected chi connectivity index (χ0v) is 13.0. The van der Waals surface area contributed by atoms with Crippen molar-refractivity contribution in [1.82, 2.24) is 25.0 Å². The van der Waals surface area contributed by atoms with Crippen molar-refractivity contribution in [2.75, 3.05) is 13.1 Å². The van der Waals surface area contributed by atoms with Gasteiger partial charge in [-0.1, -0.05) is 19.0 Å². The van der Waals surface area contributed by atoms with E-state index in [2.05, 4.69) is 20.1 Å². The van der Waals surface area contributed by atoms with Crippen LogP contribution in [0.4, 0.5) is 0 Å². The summed E-state index contributed by atoms with van der Waals surface area (Å²) in [5.41, 5.74) is 0. The van der Waals surface area contributed by atoms with Crippen LogP contribution in [0.1, 0.15) is 44.9 Å². The van der Waals surface area contributed by atoms with Crippen LogP contribution in [-0.2, 0) is 4.79 Å². The van der Waals surface area contributed by atoms with Gasteiger partial charge in [-0.15, -0.1) is 0 Å². The first-order valence-electron chi connectivity index (χ1n) is 7.81. The van der Waals surface area contributed by atoms with E-state index in [1.54, 1.807) is 12.4 Å². The van der Waals surface area contributed by atoms with Crippen molar-refractivity contribution in [3.8, 4) is 11.6 Å². The molecule has 2 aromatic rings. The van der Waals surface area contributed by atoms with Gasteiger partial charge >= 0.3 is 0 Å². The van der Waals surface area contributed by atoms with Crippen LogP contribution in [-0.4, -0.2) is 44.0 Å². The Hall–Kier alpha value is -2.18. The summed E-state index contributed by atoms with van der Waals surface area (Å²) in [6, 6.07) is 0. The first-order chi connectivity index (χ1) is 10.7. The Morgan fingerprint density at radius 3 is 3.18 bits per heavy atom. The summed E-state index contributed by atoms with van der Waals surface area (Å²) in [5, 5.41) is 3.97. The highest BCUT2D eigenvalue weighted by atomic mass is 16.5. The zero-order valence-electron chi connectivity index (χ0n) is 13.0. The van der Waals surface area contributed by atoms with Gasteiger partial charge in [-0.2, -0.15) is 4.98 Å². The monoisotopic (exact) mass is 303 g/mol. The molecule has 1 N–H and O–H groups in total. The lowest BCUT2D eigenvalue weighted by Gasteiger charge is -2.32. The molecule has 7 heteroatoms. The number of carbonyl (C=O) groups is 1. The number of likely N-dealkylation sites (tertiary alicyclic amines) is 1. The minimum absolute atomic E-state index is 0.0696. The van der Waals surface area contributed by atoms with Crippen molar-refractivity contribution in [2.24, 2.45) is 5.92 Å². The largest absolute Gasteiger partial charge is 0.342 e. The second-order valence-corrected chi connectivity index (χ2v) is 5.83. The van der Waals surface area contributed by atoms with Crippen LogP contribution < -0.4 is 0 Å². The lowest BCUT2D eigenvalue weighted by atomic mass is 9.96. The van der Waals surface area contributed by atoms with E-state index in [1.165, 1.54) is 0 Å². The number of piperidine rings is 1. The Bertz CT molecular complexity index is 622. The number of hydrogen-bond donors (Lipinski definition) is 1. The molecule has 3 rings (SSSR count). The van der Waals surface area contributed by atoms with Crippen LogP contribution in [0.25, 0.3) is 11.6 Å². The van der Waals surface area contributed by atoms with E-state index >= 15 is 0 Å². The molecule has 1 aliphatic rings. The second kappa shape index (κ2) is 6.29. The molecule has 2 aromatic heterocycles. The number of H-pyrrole nitrogens is 1. The minimum atomic E-state index is 0.0696. The van der Waals surface area contributed by atoms with Crippen molar-refractivity contribution in [3.05, 3.63) is 18.3 Å². The smallest absolute Gasteiger partial charge is 0.238 e. The van der Waals surface area contributed by atoms with Crippen LogP contribution in [0.15, 0.2) is 16.9 Å². The molecule has 3 heterocycles. The SMILES string of the molecule is CCC(C)C(=O)N1CCCC(c2nc(-c3ncc[nH]3)no2)C1. The van der Waals surface area contributed by atoms with Crippen LogP contribution in [0.5, 0.6) is 0 Å². The molecular formula is C15H21N5O2. The third kappa shape index (κ3) is 2.88. The third-order valence-corrected chi connectivity index (χ3v) is 4.27. The van der Waals surface area contributed by atoms with E-state index < -0.39 is 0 Å². The highest BCUT2D eigenvalue weighted by Crippen LogP contribution is 2.27. The molecule has 0 saturated carbocycles. The van der Waals surface area contributed by atoms with E-state index in [1.807, 2.05) is 18.7 Å². The topological polar surface area (TPSA) is 87.9 Å². The van der Waals surface area contributed by atoms with Crippen molar-refractivity contribution >= 4 is 5.91 Å². The summed E-state index contributed by atoms with van der Waals surface area (Å²) in [4.78, 5) is 25.8. The normalized spacial score (nSPS) is 20.1. The number of rotatable bonds is 4. The number of imidazole rings is 1. The number of nitrogens with one attached hydrogen (secondary N) is 1. The Morgan fingerprint density at radius 2 is 2.45 bits per heavy atom. The third-order valence-electron chi connectivity index (χ3n) is 4.27. The predicted octanol–water partition coefficient (Wildman–Crippen LogP) is 2.21. The van der Waals surface area contributed by atoms with Gasteiger partial charge in [-0.05, 0) is 19.3 Å². The second-order valence-electron chi connectivity index (χ2n) is 5.83. The fraction of sp³-hybridized carbons (Fsp3) is 0.600. The van der Waals surface area contributed by atoms with Crippen LogP contribution in [0, 0.1) is 5.92 Å². The molecule has 118 valence electrons. The van der Waals surface area contributed by atoms with E-state index in [-0.39, 0.29) is 17.7 Å². The molecular weight excluding hydrogens is 282 g/mol. The Balaban J connectivity index is 1.71. The number of aromatic nitrogens is 4. The number of amides is 1. The van der Waals surface area contributed by atoms with Crippen molar-refractivity contribution < 1.29 is 9.32 Å². The summed E-state index contributed by atoms with van der Waals surface area (Å²) >= 11 is 0. The van der Waals surface area contributed by atoms with Gasteiger partial charge in [-0.3, -0.25) is 4.79 Å². The van der Waals surface area contributed by atoms with Gasteiger partial charge in [0.2, 0.25) is 17.6 Å². The van der Waals surface area contributed by atoms with Crippen molar-refractivity contribution in [1.29, 1.82) is 0 Å². The Kier molecular flexibility index (Phi) is 4.22. The average molecular weight is 303 g/mol. The quantitative estimate of drug-likeness (QED) is 0.935. The fourth-order valence-electron chi connectivity index (χ4n) is 2.75. The first-order valence-corrected chi connectivity index (χ1v) is 7.81. The summed E-state index contributed by atoms with van der Waals surface area (Å²) in [7, 11) is 0. The molecule has 1 saturated heterocycles. The maximum Gasteiger partial charge on any atom is 0.238 e. The van der Waals surface area contributed by atoms with Crippen LogP contribution in [0.3, 0.4) is 0 Å². The van der Waals surface area contributed by atoms with Gasteiger partial charge in [-0.25, -0.2) is 4.98 Å². The maximum atomic E-state index is 12.3. The van der Waals surface area contributed by atoms with Gasteiger partial charge in [0, 0.05) is 31.4 Å².